The maximum Gasteiger partial charge on any atom is 0.203 e. The molecule has 90 valence electrons. The van der Waals surface area contributed by atoms with Crippen LogP contribution in [-0.4, -0.2) is 16.1 Å². The maximum atomic E-state index is 4.38. The Hall–Kier alpha value is -0.990. The minimum atomic E-state index is 0.351. The SMILES string of the molecule is CC(CNc1nccn1C1CC1)C(C)(C)C. The largest absolute Gasteiger partial charge is 0.355 e. The number of imidazole rings is 1. The monoisotopic (exact) mass is 221 g/mol. The number of rotatable bonds is 4. The fraction of sp³-hybridized carbons (Fsp3) is 0.769. The molecule has 1 aliphatic rings. The van der Waals surface area contributed by atoms with Gasteiger partial charge in [0.25, 0.3) is 0 Å². The zero-order valence-corrected chi connectivity index (χ0v) is 10.8. The van der Waals surface area contributed by atoms with Gasteiger partial charge in [-0.25, -0.2) is 4.98 Å². The third kappa shape index (κ3) is 2.57. The normalized spacial score (nSPS) is 18.5. The van der Waals surface area contributed by atoms with Crippen molar-refractivity contribution in [2.45, 2.75) is 46.6 Å². The molecule has 0 saturated heterocycles. The Bertz CT molecular complexity index is 344. The van der Waals surface area contributed by atoms with Crippen molar-refractivity contribution in [3.05, 3.63) is 12.4 Å². The van der Waals surface area contributed by atoms with Gasteiger partial charge in [-0.3, -0.25) is 0 Å². The van der Waals surface area contributed by atoms with Gasteiger partial charge in [0.2, 0.25) is 5.95 Å². The van der Waals surface area contributed by atoms with E-state index in [1.165, 1.54) is 12.8 Å². The highest BCUT2D eigenvalue weighted by Gasteiger charge is 2.26. The number of aromatic nitrogens is 2. The van der Waals surface area contributed by atoms with Gasteiger partial charge >= 0.3 is 0 Å². The van der Waals surface area contributed by atoms with Crippen molar-refractivity contribution in [3.8, 4) is 0 Å². The second-order valence-electron chi connectivity index (χ2n) is 6.04. The van der Waals surface area contributed by atoms with Crippen LogP contribution >= 0.6 is 0 Å². The van der Waals surface area contributed by atoms with Crippen LogP contribution in [0.4, 0.5) is 5.95 Å². The molecule has 1 atom stereocenters. The molecule has 0 amide bonds. The van der Waals surface area contributed by atoms with E-state index in [9.17, 15) is 0 Å². The van der Waals surface area contributed by atoms with Crippen LogP contribution in [0.1, 0.15) is 46.6 Å². The molecule has 1 N–H and O–H groups in total. The van der Waals surface area contributed by atoms with Crippen LogP contribution < -0.4 is 5.32 Å². The van der Waals surface area contributed by atoms with Crippen molar-refractivity contribution in [2.75, 3.05) is 11.9 Å². The van der Waals surface area contributed by atoms with Gasteiger partial charge in [-0.2, -0.15) is 0 Å². The number of hydrogen-bond acceptors (Lipinski definition) is 2. The molecule has 1 aliphatic carbocycles. The molecular formula is C13H23N3. The van der Waals surface area contributed by atoms with E-state index in [4.69, 9.17) is 0 Å². The average molecular weight is 221 g/mol. The number of anilines is 1. The van der Waals surface area contributed by atoms with E-state index in [0.717, 1.165) is 12.5 Å². The van der Waals surface area contributed by atoms with E-state index in [0.29, 0.717) is 17.4 Å². The van der Waals surface area contributed by atoms with Gasteiger partial charge in [0.05, 0.1) is 0 Å². The van der Waals surface area contributed by atoms with Gasteiger partial charge in [0.1, 0.15) is 0 Å². The maximum absolute atomic E-state index is 4.38. The minimum absolute atomic E-state index is 0.351. The van der Waals surface area contributed by atoms with E-state index in [-0.39, 0.29) is 0 Å². The van der Waals surface area contributed by atoms with Gasteiger partial charge in [-0.05, 0) is 24.2 Å². The fourth-order valence-corrected chi connectivity index (χ4v) is 1.65. The second-order valence-corrected chi connectivity index (χ2v) is 6.04. The lowest BCUT2D eigenvalue weighted by molar-refractivity contribution is 0.274. The van der Waals surface area contributed by atoms with Crippen LogP contribution in [-0.2, 0) is 0 Å². The van der Waals surface area contributed by atoms with Crippen LogP contribution in [0, 0.1) is 11.3 Å². The van der Waals surface area contributed by atoms with Gasteiger partial charge in [-0.1, -0.05) is 27.7 Å². The van der Waals surface area contributed by atoms with Crippen LogP contribution in [0.3, 0.4) is 0 Å². The van der Waals surface area contributed by atoms with E-state index < -0.39 is 0 Å². The van der Waals surface area contributed by atoms with E-state index in [1.807, 2.05) is 6.20 Å². The van der Waals surface area contributed by atoms with Crippen LogP contribution in [0.25, 0.3) is 0 Å². The van der Waals surface area contributed by atoms with Gasteiger partial charge in [0.15, 0.2) is 0 Å². The predicted octanol–water partition coefficient (Wildman–Crippen LogP) is 3.31. The van der Waals surface area contributed by atoms with Crippen molar-refractivity contribution >= 4 is 5.95 Å². The molecule has 1 saturated carbocycles. The molecule has 0 aliphatic heterocycles. The highest BCUT2D eigenvalue weighted by atomic mass is 15.2. The summed E-state index contributed by atoms with van der Waals surface area (Å²) in [5, 5.41) is 3.47. The van der Waals surface area contributed by atoms with Crippen LogP contribution in [0.2, 0.25) is 0 Å². The summed E-state index contributed by atoms with van der Waals surface area (Å²) in [6.45, 7) is 10.1. The van der Waals surface area contributed by atoms with Crippen molar-refractivity contribution in [2.24, 2.45) is 11.3 Å². The zero-order chi connectivity index (χ0) is 11.8. The summed E-state index contributed by atoms with van der Waals surface area (Å²) in [5.41, 5.74) is 0.351. The Balaban J connectivity index is 1.92. The topological polar surface area (TPSA) is 29.9 Å². The lowest BCUT2D eigenvalue weighted by Crippen LogP contribution is -2.25. The molecule has 0 spiro atoms. The lowest BCUT2D eigenvalue weighted by atomic mass is 9.82. The standard InChI is InChI=1S/C13H23N3/c1-10(13(2,3)4)9-15-12-14-7-8-16(12)11-5-6-11/h7-8,10-11H,5-6,9H2,1-4H3,(H,14,15). The molecule has 1 unspecified atom stereocenters. The molecular weight excluding hydrogens is 198 g/mol. The molecule has 0 radical (unpaired) electrons. The molecule has 3 heteroatoms. The van der Waals surface area contributed by atoms with Gasteiger partial charge < -0.3 is 9.88 Å². The third-order valence-corrected chi connectivity index (χ3v) is 3.65. The summed E-state index contributed by atoms with van der Waals surface area (Å²) in [6.07, 6.45) is 6.59. The Morgan fingerprint density at radius 1 is 1.50 bits per heavy atom. The first-order chi connectivity index (χ1) is 7.48. The Labute approximate surface area is 98.3 Å². The molecule has 0 aromatic carbocycles. The number of nitrogens with one attached hydrogen (secondary N) is 1. The molecule has 3 nitrogen and oxygen atoms in total. The summed E-state index contributed by atoms with van der Waals surface area (Å²) < 4.78 is 2.27. The average Bonchev–Trinajstić information content (AvgIpc) is 2.93. The Morgan fingerprint density at radius 3 is 2.75 bits per heavy atom. The van der Waals surface area contributed by atoms with E-state index >= 15 is 0 Å². The van der Waals surface area contributed by atoms with Gasteiger partial charge in [0, 0.05) is 25.0 Å². The number of hydrogen-bond donors (Lipinski definition) is 1. The molecule has 1 heterocycles. The first-order valence-corrected chi connectivity index (χ1v) is 6.25. The fourth-order valence-electron chi connectivity index (χ4n) is 1.65. The Kier molecular flexibility index (Phi) is 2.96. The zero-order valence-electron chi connectivity index (χ0n) is 10.8. The molecule has 2 rings (SSSR count). The van der Waals surface area contributed by atoms with Crippen molar-refractivity contribution < 1.29 is 0 Å². The summed E-state index contributed by atoms with van der Waals surface area (Å²) in [4.78, 5) is 4.38. The molecule has 1 fully saturated rings. The van der Waals surface area contributed by atoms with Crippen molar-refractivity contribution in [1.82, 2.24) is 9.55 Å². The van der Waals surface area contributed by atoms with Crippen molar-refractivity contribution in [1.29, 1.82) is 0 Å². The third-order valence-electron chi connectivity index (χ3n) is 3.65. The highest BCUT2D eigenvalue weighted by molar-refractivity contribution is 5.27. The van der Waals surface area contributed by atoms with Crippen LogP contribution in [0.15, 0.2) is 12.4 Å². The summed E-state index contributed by atoms with van der Waals surface area (Å²) in [7, 11) is 0. The quantitative estimate of drug-likeness (QED) is 0.845. The second kappa shape index (κ2) is 4.11. The lowest BCUT2D eigenvalue weighted by Gasteiger charge is -2.27. The van der Waals surface area contributed by atoms with E-state index in [1.54, 1.807) is 0 Å². The highest BCUT2D eigenvalue weighted by Crippen LogP contribution is 2.37. The summed E-state index contributed by atoms with van der Waals surface area (Å²) in [5.74, 6) is 1.68. The van der Waals surface area contributed by atoms with Gasteiger partial charge in [-0.15, -0.1) is 0 Å². The minimum Gasteiger partial charge on any atom is -0.355 e. The van der Waals surface area contributed by atoms with Crippen molar-refractivity contribution in [3.63, 3.8) is 0 Å². The first kappa shape index (κ1) is 11.5. The molecule has 1 aromatic heterocycles. The molecule has 16 heavy (non-hydrogen) atoms. The first-order valence-electron chi connectivity index (χ1n) is 6.25. The van der Waals surface area contributed by atoms with E-state index in [2.05, 4.69) is 48.8 Å². The summed E-state index contributed by atoms with van der Waals surface area (Å²) >= 11 is 0. The predicted molar refractivity (Wildman–Crippen MR) is 67.6 cm³/mol. The molecule has 0 bridgehead atoms. The summed E-state index contributed by atoms with van der Waals surface area (Å²) in [6, 6.07) is 0.704. The smallest absolute Gasteiger partial charge is 0.203 e. The Morgan fingerprint density at radius 2 is 2.19 bits per heavy atom. The van der Waals surface area contributed by atoms with Crippen LogP contribution in [0.5, 0.6) is 0 Å². The molecule has 1 aromatic rings. The number of nitrogens with zero attached hydrogens (tertiary/aromatic N) is 2.